The Morgan fingerprint density at radius 2 is 1.95 bits per heavy atom. The van der Waals surface area contributed by atoms with Crippen LogP contribution < -0.4 is 9.47 Å². The second kappa shape index (κ2) is 7.56. The average molecular weight is 305 g/mol. The molecular formula is C17H14ClFO2. The number of alkyl halides is 1. The van der Waals surface area contributed by atoms with Crippen LogP contribution in [0.25, 0.3) is 0 Å². The molecule has 0 amide bonds. The third kappa shape index (κ3) is 4.14. The lowest BCUT2D eigenvalue weighted by molar-refractivity contribution is 0.295. The maximum Gasteiger partial charge on any atom is 0.135 e. The Balaban J connectivity index is 2.20. The number of rotatable bonds is 4. The van der Waals surface area contributed by atoms with E-state index in [1.807, 2.05) is 24.3 Å². The Kier molecular flexibility index (Phi) is 5.48. The number of methoxy groups -OCH3 is 1. The zero-order valence-electron chi connectivity index (χ0n) is 11.5. The predicted molar refractivity (Wildman–Crippen MR) is 81.3 cm³/mol. The van der Waals surface area contributed by atoms with Crippen LogP contribution in [0.15, 0.2) is 42.5 Å². The molecule has 0 saturated heterocycles. The summed E-state index contributed by atoms with van der Waals surface area (Å²) in [4.78, 5) is 0. The van der Waals surface area contributed by atoms with Crippen molar-refractivity contribution in [3.63, 3.8) is 0 Å². The first-order chi connectivity index (χ1) is 10.2. The SMILES string of the molecule is COc1ccccc1COc1ccc(F)cc1C#CCCl. The minimum atomic E-state index is -0.362. The molecule has 0 aliphatic carbocycles. The standard InChI is InChI=1S/C17H14ClFO2/c1-20-16-7-3-2-5-14(16)12-21-17-9-8-15(19)11-13(17)6-4-10-18/h2-3,5,7-9,11H,10,12H2,1H3. The highest BCUT2D eigenvalue weighted by molar-refractivity contribution is 6.19. The highest BCUT2D eigenvalue weighted by Crippen LogP contribution is 2.23. The van der Waals surface area contributed by atoms with Crippen molar-refractivity contribution in [2.75, 3.05) is 13.0 Å². The van der Waals surface area contributed by atoms with Crippen molar-refractivity contribution in [1.82, 2.24) is 0 Å². The molecule has 0 heterocycles. The molecule has 2 aromatic carbocycles. The summed E-state index contributed by atoms with van der Waals surface area (Å²) in [6, 6.07) is 11.8. The fraction of sp³-hybridized carbons (Fsp3) is 0.176. The van der Waals surface area contributed by atoms with Gasteiger partial charge in [0, 0.05) is 5.56 Å². The van der Waals surface area contributed by atoms with Crippen LogP contribution in [-0.2, 0) is 6.61 Å². The minimum Gasteiger partial charge on any atom is -0.496 e. The van der Waals surface area contributed by atoms with Crippen LogP contribution in [0, 0.1) is 17.7 Å². The monoisotopic (exact) mass is 304 g/mol. The van der Waals surface area contributed by atoms with Gasteiger partial charge < -0.3 is 9.47 Å². The molecule has 2 aromatic rings. The van der Waals surface area contributed by atoms with Crippen LogP contribution in [0.2, 0.25) is 0 Å². The van der Waals surface area contributed by atoms with Gasteiger partial charge in [0.2, 0.25) is 0 Å². The molecule has 0 bridgehead atoms. The smallest absolute Gasteiger partial charge is 0.135 e. The summed E-state index contributed by atoms with van der Waals surface area (Å²) in [5.41, 5.74) is 1.38. The van der Waals surface area contributed by atoms with E-state index in [0.29, 0.717) is 17.9 Å². The van der Waals surface area contributed by atoms with E-state index in [9.17, 15) is 4.39 Å². The zero-order chi connectivity index (χ0) is 15.1. The lowest BCUT2D eigenvalue weighted by atomic mass is 10.2. The van der Waals surface area contributed by atoms with Crippen molar-refractivity contribution in [2.45, 2.75) is 6.61 Å². The van der Waals surface area contributed by atoms with Crippen LogP contribution in [0.4, 0.5) is 4.39 Å². The Morgan fingerprint density at radius 3 is 2.71 bits per heavy atom. The number of hydrogen-bond acceptors (Lipinski definition) is 2. The number of hydrogen-bond donors (Lipinski definition) is 0. The molecule has 0 radical (unpaired) electrons. The van der Waals surface area contributed by atoms with Crippen LogP contribution in [-0.4, -0.2) is 13.0 Å². The van der Waals surface area contributed by atoms with Crippen molar-refractivity contribution >= 4 is 11.6 Å². The summed E-state index contributed by atoms with van der Waals surface area (Å²) in [5, 5.41) is 0. The van der Waals surface area contributed by atoms with Gasteiger partial charge in [-0.3, -0.25) is 0 Å². The van der Waals surface area contributed by atoms with Gasteiger partial charge in [0.25, 0.3) is 0 Å². The topological polar surface area (TPSA) is 18.5 Å². The molecule has 0 spiro atoms. The van der Waals surface area contributed by atoms with Gasteiger partial charge >= 0.3 is 0 Å². The molecule has 21 heavy (non-hydrogen) atoms. The second-order valence-electron chi connectivity index (χ2n) is 4.18. The summed E-state index contributed by atoms with van der Waals surface area (Å²) >= 11 is 5.53. The van der Waals surface area contributed by atoms with Gasteiger partial charge in [-0.25, -0.2) is 4.39 Å². The summed E-state index contributed by atoms with van der Waals surface area (Å²) in [6.07, 6.45) is 0. The molecule has 0 atom stereocenters. The maximum absolute atomic E-state index is 13.3. The van der Waals surface area contributed by atoms with Crippen molar-refractivity contribution < 1.29 is 13.9 Å². The van der Waals surface area contributed by atoms with E-state index < -0.39 is 0 Å². The van der Waals surface area contributed by atoms with Crippen LogP contribution in [0.3, 0.4) is 0 Å². The Morgan fingerprint density at radius 1 is 1.14 bits per heavy atom. The molecule has 4 heteroatoms. The number of para-hydroxylation sites is 1. The highest BCUT2D eigenvalue weighted by Gasteiger charge is 2.06. The molecule has 2 rings (SSSR count). The van der Waals surface area contributed by atoms with Gasteiger partial charge in [0.05, 0.1) is 18.6 Å². The molecule has 0 aliphatic rings. The number of benzene rings is 2. The van der Waals surface area contributed by atoms with Gasteiger partial charge in [-0.05, 0) is 24.3 Å². The lowest BCUT2D eigenvalue weighted by Crippen LogP contribution is -2.00. The van der Waals surface area contributed by atoms with Gasteiger partial charge in [0.1, 0.15) is 23.9 Å². The molecule has 0 fully saturated rings. The van der Waals surface area contributed by atoms with E-state index in [1.165, 1.54) is 12.1 Å². The lowest BCUT2D eigenvalue weighted by Gasteiger charge is -2.11. The van der Waals surface area contributed by atoms with E-state index in [1.54, 1.807) is 13.2 Å². The highest BCUT2D eigenvalue weighted by atomic mass is 35.5. The predicted octanol–water partition coefficient (Wildman–Crippen LogP) is 4.00. The first kappa shape index (κ1) is 15.2. The molecule has 2 nitrogen and oxygen atoms in total. The van der Waals surface area contributed by atoms with Gasteiger partial charge in [-0.1, -0.05) is 30.0 Å². The third-order valence-electron chi connectivity index (χ3n) is 2.81. The maximum atomic E-state index is 13.3. The quantitative estimate of drug-likeness (QED) is 0.628. The Bertz CT molecular complexity index is 674. The molecule has 108 valence electrons. The number of ether oxygens (including phenoxy) is 2. The zero-order valence-corrected chi connectivity index (χ0v) is 12.3. The van der Waals surface area contributed by atoms with Gasteiger partial charge in [0.15, 0.2) is 0 Å². The van der Waals surface area contributed by atoms with Crippen molar-refractivity contribution in [3.8, 4) is 23.3 Å². The van der Waals surface area contributed by atoms with E-state index in [4.69, 9.17) is 21.1 Å². The van der Waals surface area contributed by atoms with E-state index in [-0.39, 0.29) is 11.7 Å². The molecule has 0 saturated carbocycles. The first-order valence-corrected chi connectivity index (χ1v) is 6.87. The van der Waals surface area contributed by atoms with Crippen LogP contribution in [0.5, 0.6) is 11.5 Å². The molecule has 0 N–H and O–H groups in total. The Labute approximate surface area is 128 Å². The minimum absolute atomic E-state index is 0.183. The second-order valence-corrected chi connectivity index (χ2v) is 4.44. The molecule has 0 unspecified atom stereocenters. The molecule has 0 aliphatic heterocycles. The third-order valence-corrected chi connectivity index (χ3v) is 2.94. The van der Waals surface area contributed by atoms with Crippen molar-refractivity contribution in [1.29, 1.82) is 0 Å². The normalized spacial score (nSPS) is 9.67. The summed E-state index contributed by atoms with van der Waals surface area (Å²) in [7, 11) is 1.61. The first-order valence-electron chi connectivity index (χ1n) is 6.33. The fourth-order valence-corrected chi connectivity index (χ4v) is 1.90. The molecule has 0 aromatic heterocycles. The average Bonchev–Trinajstić information content (AvgIpc) is 2.52. The van der Waals surface area contributed by atoms with Gasteiger partial charge in [-0.2, -0.15) is 0 Å². The summed E-state index contributed by atoms with van der Waals surface area (Å²) < 4.78 is 24.3. The van der Waals surface area contributed by atoms with E-state index in [0.717, 1.165) is 11.3 Å². The van der Waals surface area contributed by atoms with Crippen molar-refractivity contribution in [2.24, 2.45) is 0 Å². The number of halogens is 2. The van der Waals surface area contributed by atoms with Crippen LogP contribution in [0.1, 0.15) is 11.1 Å². The van der Waals surface area contributed by atoms with Crippen LogP contribution >= 0.6 is 11.6 Å². The van der Waals surface area contributed by atoms with Gasteiger partial charge in [-0.15, -0.1) is 11.6 Å². The van der Waals surface area contributed by atoms with Crippen molar-refractivity contribution in [3.05, 3.63) is 59.4 Å². The summed E-state index contributed by atoms with van der Waals surface area (Å²) in [5.74, 6) is 6.57. The molecular weight excluding hydrogens is 291 g/mol. The Hall–Kier alpha value is -2.18. The van der Waals surface area contributed by atoms with E-state index in [2.05, 4.69) is 11.8 Å². The van der Waals surface area contributed by atoms with E-state index >= 15 is 0 Å². The largest absolute Gasteiger partial charge is 0.496 e. The fourth-order valence-electron chi connectivity index (χ4n) is 1.83. The summed E-state index contributed by atoms with van der Waals surface area (Å²) in [6.45, 7) is 0.311.